The molecule has 1 saturated heterocycles. The molecule has 0 bridgehead atoms. The van der Waals surface area contributed by atoms with Crippen molar-refractivity contribution in [3.63, 3.8) is 0 Å². The zero-order valence-corrected chi connectivity index (χ0v) is 14.3. The van der Waals surface area contributed by atoms with Crippen molar-refractivity contribution in [3.8, 4) is 11.5 Å². The van der Waals surface area contributed by atoms with Gasteiger partial charge in [-0.15, -0.1) is 0 Å². The second kappa shape index (κ2) is 6.64. The standard InChI is InChI=1S/C20H16F3NO3/c21-20(22,23)16-3-1-2-14(9-16)11-24-7-6-15(19(24)25)8-13-4-5-17-18(10-13)27-12-26-17/h1-5,8-10H,6-7,11-12H2/b15-8+. The van der Waals surface area contributed by atoms with Crippen LogP contribution in [0.25, 0.3) is 6.08 Å². The number of carbonyl (C=O) groups excluding carboxylic acids is 1. The Morgan fingerprint density at radius 1 is 1.07 bits per heavy atom. The number of hydrogen-bond acceptors (Lipinski definition) is 3. The molecule has 0 radical (unpaired) electrons. The summed E-state index contributed by atoms with van der Waals surface area (Å²) in [5, 5.41) is 0. The first-order chi connectivity index (χ1) is 12.9. The molecule has 0 spiro atoms. The normalized spacial score (nSPS) is 17.8. The van der Waals surface area contributed by atoms with Gasteiger partial charge in [-0.05, 0) is 47.9 Å². The van der Waals surface area contributed by atoms with Gasteiger partial charge in [0.05, 0.1) is 5.56 Å². The topological polar surface area (TPSA) is 38.8 Å². The number of hydrogen-bond donors (Lipinski definition) is 0. The summed E-state index contributed by atoms with van der Waals surface area (Å²) in [7, 11) is 0. The molecule has 27 heavy (non-hydrogen) atoms. The van der Waals surface area contributed by atoms with Gasteiger partial charge in [-0.1, -0.05) is 18.2 Å². The Labute approximate surface area is 153 Å². The minimum absolute atomic E-state index is 0.154. The number of carbonyl (C=O) groups is 1. The van der Waals surface area contributed by atoms with Crippen molar-refractivity contribution >= 4 is 12.0 Å². The third-order valence-corrected chi connectivity index (χ3v) is 4.58. The average Bonchev–Trinajstić information content (AvgIpc) is 3.23. The Hall–Kier alpha value is -2.96. The van der Waals surface area contributed by atoms with Gasteiger partial charge in [0.15, 0.2) is 11.5 Å². The van der Waals surface area contributed by atoms with E-state index < -0.39 is 11.7 Å². The third-order valence-electron chi connectivity index (χ3n) is 4.58. The summed E-state index contributed by atoms with van der Waals surface area (Å²) in [5.74, 6) is 1.14. The van der Waals surface area contributed by atoms with E-state index in [1.807, 2.05) is 6.07 Å². The number of ether oxygens (including phenoxy) is 2. The maximum absolute atomic E-state index is 12.8. The number of likely N-dealkylation sites (tertiary alicyclic amines) is 1. The fraction of sp³-hybridized carbons (Fsp3) is 0.250. The van der Waals surface area contributed by atoms with Gasteiger partial charge in [0.1, 0.15) is 0 Å². The molecule has 0 unspecified atom stereocenters. The van der Waals surface area contributed by atoms with Crippen molar-refractivity contribution in [2.45, 2.75) is 19.1 Å². The minimum Gasteiger partial charge on any atom is -0.454 e. The number of benzene rings is 2. The molecule has 4 nitrogen and oxygen atoms in total. The van der Waals surface area contributed by atoms with Gasteiger partial charge >= 0.3 is 6.18 Å². The molecular formula is C20H16F3NO3. The maximum atomic E-state index is 12.8. The van der Waals surface area contributed by atoms with E-state index in [2.05, 4.69) is 0 Å². The van der Waals surface area contributed by atoms with E-state index in [9.17, 15) is 18.0 Å². The first-order valence-electron chi connectivity index (χ1n) is 8.46. The Bertz CT molecular complexity index is 921. The van der Waals surface area contributed by atoms with Gasteiger partial charge in [-0.2, -0.15) is 13.2 Å². The molecule has 2 heterocycles. The molecule has 2 aliphatic rings. The molecule has 2 aliphatic heterocycles. The molecule has 0 aromatic heterocycles. The van der Waals surface area contributed by atoms with Crippen LogP contribution in [0.3, 0.4) is 0 Å². The molecule has 7 heteroatoms. The van der Waals surface area contributed by atoms with Gasteiger partial charge < -0.3 is 14.4 Å². The first kappa shape index (κ1) is 17.5. The zero-order chi connectivity index (χ0) is 19.0. The second-order valence-electron chi connectivity index (χ2n) is 6.46. The Balaban J connectivity index is 1.49. The number of nitrogens with zero attached hydrogens (tertiary/aromatic N) is 1. The molecular weight excluding hydrogens is 359 g/mol. The lowest BCUT2D eigenvalue weighted by atomic mass is 10.1. The summed E-state index contributed by atoms with van der Waals surface area (Å²) < 4.78 is 49.1. The van der Waals surface area contributed by atoms with Gasteiger partial charge in [-0.3, -0.25) is 4.79 Å². The van der Waals surface area contributed by atoms with E-state index in [0.717, 1.165) is 17.7 Å². The van der Waals surface area contributed by atoms with E-state index in [4.69, 9.17) is 9.47 Å². The van der Waals surface area contributed by atoms with Crippen LogP contribution < -0.4 is 9.47 Å². The van der Waals surface area contributed by atoms with Crippen LogP contribution in [0.15, 0.2) is 48.0 Å². The maximum Gasteiger partial charge on any atom is 0.416 e. The highest BCUT2D eigenvalue weighted by Gasteiger charge is 2.31. The van der Waals surface area contributed by atoms with Crippen molar-refractivity contribution in [2.24, 2.45) is 0 Å². The van der Waals surface area contributed by atoms with E-state index >= 15 is 0 Å². The molecule has 0 saturated carbocycles. The fourth-order valence-corrected chi connectivity index (χ4v) is 3.22. The number of alkyl halides is 3. The van der Waals surface area contributed by atoms with Gasteiger partial charge in [0.2, 0.25) is 12.7 Å². The van der Waals surface area contributed by atoms with Crippen molar-refractivity contribution in [1.29, 1.82) is 0 Å². The SMILES string of the molecule is O=C1/C(=C/c2ccc3c(c2)OCO3)CCN1Cc1cccc(C(F)(F)F)c1. The van der Waals surface area contributed by atoms with Crippen molar-refractivity contribution in [2.75, 3.05) is 13.3 Å². The fourth-order valence-electron chi connectivity index (χ4n) is 3.22. The molecule has 0 aliphatic carbocycles. The van der Waals surface area contributed by atoms with Crippen LogP contribution in [-0.4, -0.2) is 24.1 Å². The van der Waals surface area contributed by atoms with Crippen LogP contribution >= 0.6 is 0 Å². The van der Waals surface area contributed by atoms with Gasteiger partial charge in [-0.25, -0.2) is 0 Å². The monoisotopic (exact) mass is 375 g/mol. The summed E-state index contributed by atoms with van der Waals surface area (Å²) in [6.07, 6.45) is -2.06. The quantitative estimate of drug-likeness (QED) is 0.753. The van der Waals surface area contributed by atoms with Gasteiger partial charge in [0, 0.05) is 18.7 Å². The van der Waals surface area contributed by atoms with E-state index in [0.29, 0.717) is 35.6 Å². The highest BCUT2D eigenvalue weighted by Crippen LogP contribution is 2.34. The number of fused-ring (bicyclic) bond motifs is 1. The van der Waals surface area contributed by atoms with Crippen LogP contribution in [0, 0.1) is 0 Å². The molecule has 4 rings (SSSR count). The van der Waals surface area contributed by atoms with Crippen molar-refractivity contribution in [3.05, 3.63) is 64.7 Å². The lowest BCUT2D eigenvalue weighted by Crippen LogP contribution is -2.24. The van der Waals surface area contributed by atoms with Crippen LogP contribution in [0.5, 0.6) is 11.5 Å². The number of amides is 1. The van der Waals surface area contributed by atoms with Gasteiger partial charge in [0.25, 0.3) is 0 Å². The zero-order valence-electron chi connectivity index (χ0n) is 14.3. The average molecular weight is 375 g/mol. The van der Waals surface area contributed by atoms with Crippen LogP contribution in [-0.2, 0) is 17.5 Å². The van der Waals surface area contributed by atoms with Crippen molar-refractivity contribution in [1.82, 2.24) is 4.90 Å². The van der Waals surface area contributed by atoms with E-state index in [1.165, 1.54) is 6.07 Å². The molecule has 0 atom stereocenters. The predicted octanol–water partition coefficient (Wildman–Crippen LogP) is 4.25. The summed E-state index contributed by atoms with van der Waals surface area (Å²) in [6, 6.07) is 10.5. The Morgan fingerprint density at radius 2 is 1.89 bits per heavy atom. The second-order valence-corrected chi connectivity index (χ2v) is 6.46. The highest BCUT2D eigenvalue weighted by atomic mass is 19.4. The minimum atomic E-state index is -4.39. The summed E-state index contributed by atoms with van der Waals surface area (Å²) >= 11 is 0. The third kappa shape index (κ3) is 3.63. The summed E-state index contributed by atoms with van der Waals surface area (Å²) in [4.78, 5) is 14.2. The number of rotatable bonds is 3. The first-order valence-corrected chi connectivity index (χ1v) is 8.46. The van der Waals surface area contributed by atoms with Crippen LogP contribution in [0.2, 0.25) is 0 Å². The lowest BCUT2D eigenvalue weighted by molar-refractivity contribution is -0.137. The van der Waals surface area contributed by atoms with E-state index in [1.54, 1.807) is 29.2 Å². The molecule has 2 aromatic carbocycles. The highest BCUT2D eigenvalue weighted by molar-refractivity contribution is 5.99. The summed E-state index contributed by atoms with van der Waals surface area (Å²) in [6.45, 7) is 0.811. The van der Waals surface area contributed by atoms with E-state index in [-0.39, 0.29) is 19.2 Å². The molecule has 2 aromatic rings. The molecule has 1 fully saturated rings. The van der Waals surface area contributed by atoms with Crippen LogP contribution in [0.4, 0.5) is 13.2 Å². The molecule has 1 amide bonds. The van der Waals surface area contributed by atoms with Crippen LogP contribution in [0.1, 0.15) is 23.1 Å². The molecule has 0 N–H and O–H groups in total. The lowest BCUT2D eigenvalue weighted by Gasteiger charge is -2.16. The van der Waals surface area contributed by atoms with Crippen molar-refractivity contribution < 1.29 is 27.4 Å². The largest absolute Gasteiger partial charge is 0.454 e. The predicted molar refractivity (Wildman–Crippen MR) is 92.0 cm³/mol. The smallest absolute Gasteiger partial charge is 0.416 e. The number of halogens is 3. The Morgan fingerprint density at radius 3 is 2.70 bits per heavy atom. The Kier molecular flexibility index (Phi) is 4.30. The summed E-state index contributed by atoms with van der Waals surface area (Å²) in [5.41, 5.74) is 1.20. The molecule has 140 valence electrons.